The number of thioether (sulfide) groups is 1. The van der Waals surface area contributed by atoms with Crippen LogP contribution in [-0.2, 0) is 11.3 Å². The van der Waals surface area contributed by atoms with Crippen LogP contribution in [-0.4, -0.2) is 32.9 Å². The fourth-order valence-corrected chi connectivity index (χ4v) is 3.39. The van der Waals surface area contributed by atoms with E-state index in [9.17, 15) is 9.59 Å². The van der Waals surface area contributed by atoms with Crippen molar-refractivity contribution in [2.24, 2.45) is 0 Å². The maximum atomic E-state index is 12.1. The lowest BCUT2D eigenvalue weighted by Crippen LogP contribution is -2.54. The molecule has 0 atom stereocenters. The van der Waals surface area contributed by atoms with Gasteiger partial charge < -0.3 is 15.7 Å². The number of carbonyl (C=O) groups is 2. The lowest BCUT2D eigenvalue weighted by molar-refractivity contribution is -0.126. The van der Waals surface area contributed by atoms with Crippen LogP contribution in [0.25, 0.3) is 0 Å². The Morgan fingerprint density at radius 1 is 1.45 bits per heavy atom. The zero-order valence-electron chi connectivity index (χ0n) is 12.8. The van der Waals surface area contributed by atoms with E-state index in [1.165, 1.54) is 33.1 Å². The molecule has 2 amide bonds. The van der Waals surface area contributed by atoms with Crippen LogP contribution < -0.4 is 10.6 Å². The van der Waals surface area contributed by atoms with Crippen molar-refractivity contribution < 1.29 is 14.7 Å². The molecule has 0 radical (unpaired) electrons. The third-order valence-corrected chi connectivity index (χ3v) is 5.03. The quantitative estimate of drug-likeness (QED) is 0.747. The number of rotatable bonds is 6. The van der Waals surface area contributed by atoms with Crippen molar-refractivity contribution in [1.29, 1.82) is 0 Å². The molecule has 1 aromatic heterocycles. The Kier molecular flexibility index (Phi) is 5.28. The number of pyridine rings is 1. The van der Waals surface area contributed by atoms with Crippen molar-refractivity contribution in [2.75, 3.05) is 0 Å². The van der Waals surface area contributed by atoms with Crippen molar-refractivity contribution in [1.82, 2.24) is 15.6 Å². The predicted molar refractivity (Wildman–Crippen MR) is 84.8 cm³/mol. The molecule has 1 aliphatic carbocycles. The van der Waals surface area contributed by atoms with Gasteiger partial charge in [0.05, 0.1) is 12.2 Å². The van der Waals surface area contributed by atoms with Crippen molar-refractivity contribution in [3.63, 3.8) is 0 Å². The smallest absolute Gasteiger partial charge is 0.405 e. The summed E-state index contributed by atoms with van der Waals surface area (Å²) in [6, 6.07) is 3.90. The second-order valence-electron chi connectivity index (χ2n) is 5.86. The standard InChI is InChI=1S/C15H21N3O3S/c1-15(2,18-14(20)21)13(19)17-9-11-12(7-4-8-16-11)22-10-5-3-6-10/h4,7-8,10,18H,3,5-6,9H2,1-2H3,(H,17,19)(H,20,21). The summed E-state index contributed by atoms with van der Waals surface area (Å²) in [5.74, 6) is -0.375. The van der Waals surface area contributed by atoms with Crippen LogP contribution in [0.1, 0.15) is 38.8 Å². The van der Waals surface area contributed by atoms with Crippen molar-refractivity contribution in [2.45, 2.75) is 55.3 Å². The van der Waals surface area contributed by atoms with E-state index in [2.05, 4.69) is 15.6 Å². The number of carboxylic acid groups (broad SMARTS) is 1. The van der Waals surface area contributed by atoms with E-state index < -0.39 is 11.6 Å². The summed E-state index contributed by atoms with van der Waals surface area (Å²) in [7, 11) is 0. The van der Waals surface area contributed by atoms with Gasteiger partial charge in [0.15, 0.2) is 0 Å². The molecule has 1 fully saturated rings. The van der Waals surface area contributed by atoms with E-state index >= 15 is 0 Å². The maximum absolute atomic E-state index is 12.1. The fourth-order valence-electron chi connectivity index (χ4n) is 2.04. The van der Waals surface area contributed by atoms with Gasteiger partial charge >= 0.3 is 6.09 Å². The van der Waals surface area contributed by atoms with Crippen LogP contribution in [0.3, 0.4) is 0 Å². The Balaban J connectivity index is 1.96. The fraction of sp³-hybridized carbons (Fsp3) is 0.533. The Morgan fingerprint density at radius 2 is 2.18 bits per heavy atom. The van der Waals surface area contributed by atoms with E-state index in [0.717, 1.165) is 10.6 Å². The van der Waals surface area contributed by atoms with Gasteiger partial charge in [-0.2, -0.15) is 0 Å². The second kappa shape index (κ2) is 7.00. The van der Waals surface area contributed by atoms with E-state index in [4.69, 9.17) is 5.11 Å². The zero-order chi connectivity index (χ0) is 16.2. The minimum atomic E-state index is -1.22. The molecule has 6 nitrogen and oxygen atoms in total. The number of hydrogen-bond donors (Lipinski definition) is 3. The van der Waals surface area contributed by atoms with E-state index in [-0.39, 0.29) is 5.91 Å². The van der Waals surface area contributed by atoms with Gasteiger partial charge in [0.2, 0.25) is 5.91 Å². The number of nitrogens with zero attached hydrogens (tertiary/aromatic N) is 1. The van der Waals surface area contributed by atoms with Gasteiger partial charge in [0, 0.05) is 16.3 Å². The van der Waals surface area contributed by atoms with E-state index in [1.807, 2.05) is 12.1 Å². The Morgan fingerprint density at radius 3 is 2.77 bits per heavy atom. The highest BCUT2D eigenvalue weighted by Crippen LogP contribution is 2.37. The molecule has 3 N–H and O–H groups in total. The second-order valence-corrected chi connectivity index (χ2v) is 7.20. The van der Waals surface area contributed by atoms with Gasteiger partial charge in [-0.25, -0.2) is 4.79 Å². The lowest BCUT2D eigenvalue weighted by atomic mass is 10.00. The molecule has 0 saturated heterocycles. The summed E-state index contributed by atoms with van der Waals surface area (Å²) in [6.07, 6.45) is 4.20. The van der Waals surface area contributed by atoms with E-state index in [0.29, 0.717) is 11.8 Å². The minimum absolute atomic E-state index is 0.291. The molecule has 2 rings (SSSR count). The Bertz CT molecular complexity index is 559. The van der Waals surface area contributed by atoms with Crippen molar-refractivity contribution in [3.05, 3.63) is 24.0 Å². The molecule has 0 unspecified atom stereocenters. The molecule has 0 aromatic carbocycles. The summed E-state index contributed by atoms with van der Waals surface area (Å²) in [6.45, 7) is 3.34. The summed E-state index contributed by atoms with van der Waals surface area (Å²) in [5.41, 5.74) is -0.360. The van der Waals surface area contributed by atoms with Crippen LogP contribution in [0.5, 0.6) is 0 Å². The van der Waals surface area contributed by atoms with Crippen molar-refractivity contribution in [3.8, 4) is 0 Å². The molecule has 0 spiro atoms. The number of hydrogen-bond acceptors (Lipinski definition) is 4. The van der Waals surface area contributed by atoms with Crippen LogP contribution in [0, 0.1) is 0 Å². The first kappa shape index (κ1) is 16.6. The number of carbonyl (C=O) groups excluding carboxylic acids is 1. The molecular weight excluding hydrogens is 302 g/mol. The molecule has 22 heavy (non-hydrogen) atoms. The molecule has 1 aliphatic rings. The largest absolute Gasteiger partial charge is 0.465 e. The first-order chi connectivity index (χ1) is 10.4. The number of aromatic nitrogens is 1. The lowest BCUT2D eigenvalue weighted by Gasteiger charge is -2.26. The summed E-state index contributed by atoms with van der Waals surface area (Å²) >= 11 is 1.80. The van der Waals surface area contributed by atoms with Gasteiger partial charge in [-0.05, 0) is 38.8 Å². The maximum Gasteiger partial charge on any atom is 0.405 e. The highest BCUT2D eigenvalue weighted by molar-refractivity contribution is 8.00. The number of nitrogens with one attached hydrogen (secondary N) is 2. The molecule has 7 heteroatoms. The molecule has 0 bridgehead atoms. The SMILES string of the molecule is CC(C)(NC(=O)O)C(=O)NCc1ncccc1SC1CCC1. The van der Waals surface area contributed by atoms with Gasteiger partial charge in [-0.3, -0.25) is 9.78 Å². The topological polar surface area (TPSA) is 91.3 Å². The molecule has 1 saturated carbocycles. The van der Waals surface area contributed by atoms with Crippen LogP contribution in [0.4, 0.5) is 4.79 Å². The van der Waals surface area contributed by atoms with Crippen LogP contribution in [0.15, 0.2) is 23.2 Å². The van der Waals surface area contributed by atoms with Gasteiger partial charge in [-0.15, -0.1) is 11.8 Å². The Hall–Kier alpha value is -1.76. The summed E-state index contributed by atoms with van der Waals surface area (Å²) in [5, 5.41) is 14.3. The highest BCUT2D eigenvalue weighted by Gasteiger charge is 2.29. The summed E-state index contributed by atoms with van der Waals surface area (Å²) < 4.78 is 0. The molecule has 1 aromatic rings. The average Bonchev–Trinajstić information content (AvgIpc) is 2.39. The van der Waals surface area contributed by atoms with Gasteiger partial charge in [-0.1, -0.05) is 6.42 Å². The Labute approximate surface area is 134 Å². The monoisotopic (exact) mass is 323 g/mol. The zero-order valence-corrected chi connectivity index (χ0v) is 13.6. The van der Waals surface area contributed by atoms with Gasteiger partial charge in [0.1, 0.15) is 5.54 Å². The first-order valence-electron chi connectivity index (χ1n) is 7.28. The highest BCUT2D eigenvalue weighted by atomic mass is 32.2. The molecule has 1 heterocycles. The molecule has 0 aliphatic heterocycles. The van der Waals surface area contributed by atoms with Crippen molar-refractivity contribution >= 4 is 23.8 Å². The molecule has 120 valence electrons. The minimum Gasteiger partial charge on any atom is -0.465 e. The van der Waals surface area contributed by atoms with Gasteiger partial charge in [0.25, 0.3) is 0 Å². The summed E-state index contributed by atoms with van der Waals surface area (Å²) in [4.78, 5) is 28.2. The van der Waals surface area contributed by atoms with E-state index in [1.54, 1.807) is 18.0 Å². The average molecular weight is 323 g/mol. The normalized spacial score (nSPS) is 15.0. The molecular formula is C15H21N3O3S. The predicted octanol–water partition coefficient (Wildman–Crippen LogP) is 2.39. The third kappa shape index (κ3) is 4.37. The van der Waals surface area contributed by atoms with Crippen LogP contribution >= 0.6 is 11.8 Å². The first-order valence-corrected chi connectivity index (χ1v) is 8.16. The third-order valence-electron chi connectivity index (χ3n) is 3.60. The van der Waals surface area contributed by atoms with Crippen LogP contribution in [0.2, 0.25) is 0 Å². The number of amides is 2.